The minimum absolute atomic E-state index is 0.0145. The molecule has 0 atom stereocenters. The van der Waals surface area contributed by atoms with Gasteiger partial charge in [-0.3, -0.25) is 0 Å². The van der Waals surface area contributed by atoms with Crippen molar-refractivity contribution in [1.82, 2.24) is 0 Å². The SMILES string of the molecule is NCC1(Nc2cc(F)ccc2Cl)CCC(C(F)(F)F)CC1. The Morgan fingerprint density at radius 3 is 2.43 bits per heavy atom. The van der Waals surface area contributed by atoms with Crippen molar-refractivity contribution in [3.8, 4) is 0 Å². The van der Waals surface area contributed by atoms with E-state index in [0.29, 0.717) is 10.7 Å². The first kappa shape index (κ1) is 16.4. The van der Waals surface area contributed by atoms with E-state index >= 15 is 0 Å². The zero-order valence-corrected chi connectivity index (χ0v) is 12.1. The number of hydrogen-bond acceptors (Lipinski definition) is 2. The zero-order valence-electron chi connectivity index (χ0n) is 11.3. The first-order valence-corrected chi connectivity index (χ1v) is 7.13. The molecule has 2 nitrogen and oxygen atoms in total. The van der Waals surface area contributed by atoms with E-state index in [2.05, 4.69) is 5.32 Å². The van der Waals surface area contributed by atoms with E-state index in [1.807, 2.05) is 0 Å². The molecule has 0 unspecified atom stereocenters. The lowest BCUT2D eigenvalue weighted by Gasteiger charge is -2.41. The van der Waals surface area contributed by atoms with Crippen molar-refractivity contribution >= 4 is 17.3 Å². The quantitative estimate of drug-likeness (QED) is 0.812. The lowest BCUT2D eigenvalue weighted by atomic mass is 9.76. The van der Waals surface area contributed by atoms with Crippen LogP contribution in [-0.2, 0) is 0 Å². The van der Waals surface area contributed by atoms with Gasteiger partial charge in [0.2, 0.25) is 0 Å². The average Bonchev–Trinajstić information content (AvgIpc) is 2.42. The minimum Gasteiger partial charge on any atom is -0.377 e. The molecule has 118 valence electrons. The molecule has 1 aromatic carbocycles. The van der Waals surface area contributed by atoms with E-state index in [1.54, 1.807) is 0 Å². The predicted octanol–water partition coefficient (Wildman–Crippen LogP) is 4.34. The number of hydrogen-bond donors (Lipinski definition) is 2. The van der Waals surface area contributed by atoms with Crippen LogP contribution in [-0.4, -0.2) is 18.3 Å². The van der Waals surface area contributed by atoms with Crippen LogP contribution in [0.15, 0.2) is 18.2 Å². The normalized spacial score (nSPS) is 26.7. The Kier molecular flexibility index (Phi) is 4.68. The fourth-order valence-electron chi connectivity index (χ4n) is 2.76. The summed E-state index contributed by atoms with van der Waals surface area (Å²) < 4.78 is 51.4. The Labute approximate surface area is 125 Å². The largest absolute Gasteiger partial charge is 0.391 e. The molecule has 1 aliphatic carbocycles. The van der Waals surface area contributed by atoms with Crippen LogP contribution in [0.25, 0.3) is 0 Å². The molecule has 0 aliphatic heterocycles. The van der Waals surface area contributed by atoms with E-state index < -0.39 is 23.5 Å². The Morgan fingerprint density at radius 1 is 1.29 bits per heavy atom. The van der Waals surface area contributed by atoms with Gasteiger partial charge in [-0.25, -0.2) is 4.39 Å². The standard InChI is InChI=1S/C14H17ClF4N2/c15-11-2-1-10(16)7-12(11)21-13(8-20)5-3-9(4-6-13)14(17,18)19/h1-2,7,9,21H,3-6,8,20H2. The molecule has 7 heteroatoms. The molecule has 1 saturated carbocycles. The van der Waals surface area contributed by atoms with Crippen molar-refractivity contribution < 1.29 is 17.6 Å². The van der Waals surface area contributed by atoms with Crippen LogP contribution in [0.3, 0.4) is 0 Å². The second-order valence-electron chi connectivity index (χ2n) is 5.55. The average molecular weight is 325 g/mol. The summed E-state index contributed by atoms with van der Waals surface area (Å²) in [7, 11) is 0. The summed E-state index contributed by atoms with van der Waals surface area (Å²) in [6.07, 6.45) is -3.58. The molecule has 0 heterocycles. The van der Waals surface area contributed by atoms with E-state index in [-0.39, 0.29) is 32.2 Å². The van der Waals surface area contributed by atoms with Crippen LogP contribution in [0.4, 0.5) is 23.2 Å². The topological polar surface area (TPSA) is 38.0 Å². The van der Waals surface area contributed by atoms with Gasteiger partial charge in [0.15, 0.2) is 0 Å². The molecule has 21 heavy (non-hydrogen) atoms. The Morgan fingerprint density at radius 2 is 1.90 bits per heavy atom. The van der Waals surface area contributed by atoms with Crippen molar-refractivity contribution in [3.63, 3.8) is 0 Å². The molecule has 0 amide bonds. The monoisotopic (exact) mass is 324 g/mol. The summed E-state index contributed by atoms with van der Waals surface area (Å²) >= 11 is 5.99. The highest BCUT2D eigenvalue weighted by Gasteiger charge is 2.45. The van der Waals surface area contributed by atoms with Gasteiger partial charge in [-0.05, 0) is 43.9 Å². The van der Waals surface area contributed by atoms with Gasteiger partial charge >= 0.3 is 6.18 Å². The van der Waals surface area contributed by atoms with E-state index in [1.165, 1.54) is 18.2 Å². The van der Waals surface area contributed by atoms with Crippen LogP contribution >= 0.6 is 11.6 Å². The van der Waals surface area contributed by atoms with Gasteiger partial charge in [-0.1, -0.05) is 11.6 Å². The third-order valence-corrected chi connectivity index (χ3v) is 4.45. The molecular weight excluding hydrogens is 308 g/mol. The molecule has 1 aliphatic rings. The van der Waals surface area contributed by atoms with Crippen molar-refractivity contribution in [2.75, 3.05) is 11.9 Å². The van der Waals surface area contributed by atoms with Crippen molar-refractivity contribution in [1.29, 1.82) is 0 Å². The fraction of sp³-hybridized carbons (Fsp3) is 0.571. The third-order valence-electron chi connectivity index (χ3n) is 4.12. The van der Waals surface area contributed by atoms with Gasteiger partial charge < -0.3 is 11.1 Å². The smallest absolute Gasteiger partial charge is 0.377 e. The predicted molar refractivity (Wildman–Crippen MR) is 74.8 cm³/mol. The maximum Gasteiger partial charge on any atom is 0.391 e. The molecule has 0 spiro atoms. The summed E-state index contributed by atoms with van der Waals surface area (Å²) in [4.78, 5) is 0. The maximum absolute atomic E-state index is 13.3. The zero-order chi connectivity index (χ0) is 15.7. The van der Waals surface area contributed by atoms with Gasteiger partial charge in [-0.2, -0.15) is 13.2 Å². The summed E-state index contributed by atoms with van der Waals surface area (Å²) in [6.45, 7) is 0.171. The second-order valence-corrected chi connectivity index (χ2v) is 5.96. The molecule has 0 aromatic heterocycles. The van der Waals surface area contributed by atoms with Crippen LogP contribution in [0.1, 0.15) is 25.7 Å². The van der Waals surface area contributed by atoms with Crippen molar-refractivity contribution in [2.45, 2.75) is 37.4 Å². The molecule has 3 N–H and O–H groups in total. The first-order chi connectivity index (χ1) is 9.76. The minimum atomic E-state index is -4.17. The number of nitrogens with one attached hydrogen (secondary N) is 1. The number of rotatable bonds is 3. The van der Waals surface area contributed by atoms with E-state index in [0.717, 1.165) is 0 Å². The van der Waals surface area contributed by atoms with Gasteiger partial charge in [0, 0.05) is 12.1 Å². The van der Waals surface area contributed by atoms with Gasteiger partial charge in [0.25, 0.3) is 0 Å². The van der Waals surface area contributed by atoms with Crippen LogP contribution in [0, 0.1) is 11.7 Å². The number of anilines is 1. The highest BCUT2D eigenvalue weighted by molar-refractivity contribution is 6.33. The molecule has 0 saturated heterocycles. The molecular formula is C14H17ClF4N2. The van der Waals surface area contributed by atoms with Crippen molar-refractivity contribution in [3.05, 3.63) is 29.0 Å². The number of halogens is 5. The van der Waals surface area contributed by atoms with E-state index in [9.17, 15) is 17.6 Å². The van der Waals surface area contributed by atoms with Gasteiger partial charge in [0.05, 0.1) is 16.6 Å². The molecule has 0 radical (unpaired) electrons. The summed E-state index contributed by atoms with van der Waals surface area (Å²) in [5.74, 6) is -1.75. The maximum atomic E-state index is 13.3. The summed E-state index contributed by atoms with van der Waals surface area (Å²) in [5, 5.41) is 3.38. The van der Waals surface area contributed by atoms with Crippen LogP contribution in [0.2, 0.25) is 5.02 Å². The Balaban J connectivity index is 2.12. The lowest BCUT2D eigenvalue weighted by molar-refractivity contribution is -0.183. The fourth-order valence-corrected chi connectivity index (χ4v) is 2.92. The van der Waals surface area contributed by atoms with Gasteiger partial charge in [-0.15, -0.1) is 0 Å². The highest BCUT2D eigenvalue weighted by Crippen LogP contribution is 2.42. The Hall–Kier alpha value is -1.01. The van der Waals surface area contributed by atoms with E-state index in [4.69, 9.17) is 17.3 Å². The number of alkyl halides is 3. The van der Waals surface area contributed by atoms with Crippen LogP contribution in [0.5, 0.6) is 0 Å². The first-order valence-electron chi connectivity index (χ1n) is 6.76. The summed E-state index contributed by atoms with van der Waals surface area (Å²) in [6, 6.07) is 3.86. The lowest BCUT2D eigenvalue weighted by Crippen LogP contribution is -2.49. The summed E-state index contributed by atoms with van der Waals surface area (Å²) in [5.41, 5.74) is 5.45. The van der Waals surface area contributed by atoms with Crippen LogP contribution < -0.4 is 11.1 Å². The van der Waals surface area contributed by atoms with Gasteiger partial charge in [0.1, 0.15) is 5.82 Å². The second kappa shape index (κ2) is 6.01. The molecule has 1 fully saturated rings. The molecule has 2 rings (SSSR count). The number of nitrogens with two attached hydrogens (primary N) is 1. The highest BCUT2D eigenvalue weighted by atomic mass is 35.5. The molecule has 0 bridgehead atoms. The number of benzene rings is 1. The molecule has 1 aromatic rings. The third kappa shape index (κ3) is 3.80. The van der Waals surface area contributed by atoms with Crippen molar-refractivity contribution in [2.24, 2.45) is 11.7 Å². The Bertz CT molecular complexity index is 496.